The molecule has 0 aromatic heterocycles. The maximum Gasteiger partial charge on any atom is 0.350 e. The first-order valence-corrected chi connectivity index (χ1v) is 8.50. The standard InChI is InChI=1S/C18H18O10/c1-18(2)27-15-13-12(26-17(15)28-18)14(16(23)25-13)24-10(21)4-3-7-5-8(19)11(22)9(20)6-7/h3-6,12-15,17,19-20,22H,1-2H3. The zero-order valence-electron chi connectivity index (χ0n) is 14.9. The normalized spacial score (nSPS) is 32.9. The summed E-state index contributed by atoms with van der Waals surface area (Å²) in [4.78, 5) is 24.2. The molecule has 3 aliphatic heterocycles. The van der Waals surface area contributed by atoms with Gasteiger partial charge in [-0.1, -0.05) is 0 Å². The molecule has 0 saturated carbocycles. The van der Waals surface area contributed by atoms with E-state index < -0.39 is 65.7 Å². The third-order valence-corrected chi connectivity index (χ3v) is 4.56. The highest BCUT2D eigenvalue weighted by Crippen LogP contribution is 2.43. The van der Waals surface area contributed by atoms with E-state index in [0.717, 1.165) is 18.2 Å². The summed E-state index contributed by atoms with van der Waals surface area (Å²) in [6, 6.07) is 2.27. The minimum absolute atomic E-state index is 0.229. The van der Waals surface area contributed by atoms with Crippen LogP contribution in [0.15, 0.2) is 18.2 Å². The molecular formula is C18H18O10. The number of ether oxygens (including phenoxy) is 5. The molecule has 10 heteroatoms. The number of rotatable bonds is 3. The third-order valence-electron chi connectivity index (χ3n) is 4.56. The van der Waals surface area contributed by atoms with Crippen molar-refractivity contribution in [3.63, 3.8) is 0 Å². The summed E-state index contributed by atoms with van der Waals surface area (Å²) in [6.45, 7) is 3.42. The molecule has 5 unspecified atom stereocenters. The smallest absolute Gasteiger partial charge is 0.350 e. The first-order chi connectivity index (χ1) is 13.1. The van der Waals surface area contributed by atoms with Crippen molar-refractivity contribution in [2.75, 3.05) is 0 Å². The lowest BCUT2D eigenvalue weighted by Gasteiger charge is -2.21. The highest BCUT2D eigenvalue weighted by Gasteiger charge is 2.64. The predicted octanol–water partition coefficient (Wildman–Crippen LogP) is 0.530. The van der Waals surface area contributed by atoms with Crippen LogP contribution < -0.4 is 0 Å². The van der Waals surface area contributed by atoms with Crippen LogP contribution in [0.1, 0.15) is 19.4 Å². The third kappa shape index (κ3) is 3.15. The monoisotopic (exact) mass is 394 g/mol. The van der Waals surface area contributed by atoms with Gasteiger partial charge in [0.1, 0.15) is 6.10 Å². The molecule has 0 radical (unpaired) electrons. The van der Waals surface area contributed by atoms with Crippen LogP contribution in [0.4, 0.5) is 0 Å². The minimum Gasteiger partial charge on any atom is -0.504 e. The molecule has 3 fully saturated rings. The lowest BCUT2D eigenvalue weighted by Crippen LogP contribution is -2.37. The molecule has 3 N–H and O–H groups in total. The fourth-order valence-electron chi connectivity index (χ4n) is 3.38. The van der Waals surface area contributed by atoms with E-state index >= 15 is 0 Å². The molecule has 5 atom stereocenters. The SMILES string of the molecule is CC1(C)OC2OC3C(OC(=O)C=Cc4cc(O)c(O)c(O)c4)C(=O)OC3C2O1. The summed E-state index contributed by atoms with van der Waals surface area (Å²) in [5.41, 5.74) is 0.229. The van der Waals surface area contributed by atoms with Crippen LogP contribution >= 0.6 is 0 Å². The van der Waals surface area contributed by atoms with Crippen LogP contribution in [0.25, 0.3) is 6.08 Å². The summed E-state index contributed by atoms with van der Waals surface area (Å²) >= 11 is 0. The van der Waals surface area contributed by atoms with Crippen molar-refractivity contribution < 1.29 is 48.6 Å². The summed E-state index contributed by atoms with van der Waals surface area (Å²) in [6.07, 6.45) is -1.96. The van der Waals surface area contributed by atoms with Gasteiger partial charge in [0.05, 0.1) is 0 Å². The second-order valence-corrected chi connectivity index (χ2v) is 7.07. The van der Waals surface area contributed by atoms with E-state index in [9.17, 15) is 24.9 Å². The number of carbonyl (C=O) groups is 2. The lowest BCUT2D eigenvalue weighted by molar-refractivity contribution is -0.216. The molecule has 28 heavy (non-hydrogen) atoms. The predicted molar refractivity (Wildman–Crippen MR) is 88.9 cm³/mol. The molecule has 0 bridgehead atoms. The van der Waals surface area contributed by atoms with Crippen molar-refractivity contribution in [1.29, 1.82) is 0 Å². The highest BCUT2D eigenvalue weighted by atomic mass is 16.8. The Morgan fingerprint density at radius 1 is 1.11 bits per heavy atom. The molecule has 1 aromatic carbocycles. The van der Waals surface area contributed by atoms with Gasteiger partial charge < -0.3 is 39.0 Å². The Labute approximate surface area is 158 Å². The topological polar surface area (TPSA) is 141 Å². The van der Waals surface area contributed by atoms with E-state index in [1.165, 1.54) is 6.08 Å². The number of benzene rings is 1. The number of hydrogen-bond donors (Lipinski definition) is 3. The Bertz CT molecular complexity index is 837. The minimum atomic E-state index is -1.27. The van der Waals surface area contributed by atoms with Crippen molar-refractivity contribution in [2.45, 2.75) is 50.3 Å². The first kappa shape index (κ1) is 18.5. The number of aromatic hydroxyl groups is 3. The van der Waals surface area contributed by atoms with Gasteiger partial charge in [-0.05, 0) is 37.6 Å². The van der Waals surface area contributed by atoms with E-state index in [1.807, 2.05) is 0 Å². The summed E-state index contributed by atoms with van der Waals surface area (Å²) in [5.74, 6) is -4.25. The fraction of sp³-hybridized carbons (Fsp3) is 0.444. The molecule has 3 heterocycles. The van der Waals surface area contributed by atoms with Crippen molar-refractivity contribution >= 4 is 18.0 Å². The molecule has 3 aliphatic rings. The van der Waals surface area contributed by atoms with E-state index in [2.05, 4.69) is 0 Å². The van der Waals surface area contributed by atoms with E-state index in [-0.39, 0.29) is 5.56 Å². The molecule has 150 valence electrons. The fourth-order valence-corrected chi connectivity index (χ4v) is 3.38. The van der Waals surface area contributed by atoms with Gasteiger partial charge in [-0.3, -0.25) is 0 Å². The number of hydrogen-bond acceptors (Lipinski definition) is 10. The quantitative estimate of drug-likeness (QED) is 0.378. The maximum absolute atomic E-state index is 12.1. The second kappa shape index (κ2) is 6.36. The average molecular weight is 394 g/mol. The van der Waals surface area contributed by atoms with Crippen molar-refractivity contribution in [1.82, 2.24) is 0 Å². The Balaban J connectivity index is 1.42. The highest BCUT2D eigenvalue weighted by molar-refractivity contribution is 5.90. The lowest BCUT2D eigenvalue weighted by atomic mass is 10.1. The zero-order valence-corrected chi connectivity index (χ0v) is 14.9. The van der Waals surface area contributed by atoms with E-state index in [4.69, 9.17) is 23.7 Å². The van der Waals surface area contributed by atoms with Crippen LogP contribution in [0, 0.1) is 0 Å². The maximum atomic E-state index is 12.1. The molecule has 4 rings (SSSR count). The van der Waals surface area contributed by atoms with Gasteiger partial charge in [-0.25, -0.2) is 9.59 Å². The second-order valence-electron chi connectivity index (χ2n) is 7.07. The van der Waals surface area contributed by atoms with Crippen LogP contribution in [0.2, 0.25) is 0 Å². The van der Waals surface area contributed by atoms with Gasteiger partial charge in [0.2, 0.25) is 6.10 Å². The van der Waals surface area contributed by atoms with Crippen molar-refractivity contribution in [2.24, 2.45) is 0 Å². The molecule has 0 aliphatic carbocycles. The number of phenolic OH excluding ortho intramolecular Hbond substituents is 3. The van der Waals surface area contributed by atoms with Crippen LogP contribution in [0.3, 0.4) is 0 Å². The number of fused-ring (bicyclic) bond motifs is 3. The Morgan fingerprint density at radius 3 is 2.46 bits per heavy atom. The Kier molecular flexibility index (Phi) is 4.21. The van der Waals surface area contributed by atoms with Gasteiger partial charge >= 0.3 is 11.9 Å². The van der Waals surface area contributed by atoms with Gasteiger partial charge in [0, 0.05) is 6.08 Å². The van der Waals surface area contributed by atoms with Crippen molar-refractivity contribution in [3.8, 4) is 17.2 Å². The summed E-state index contributed by atoms with van der Waals surface area (Å²) in [5, 5.41) is 28.2. The van der Waals surface area contributed by atoms with Crippen LogP contribution in [-0.4, -0.2) is 63.8 Å². The number of carbonyl (C=O) groups excluding carboxylic acids is 2. The Morgan fingerprint density at radius 2 is 1.79 bits per heavy atom. The first-order valence-electron chi connectivity index (χ1n) is 8.50. The largest absolute Gasteiger partial charge is 0.504 e. The summed E-state index contributed by atoms with van der Waals surface area (Å²) < 4.78 is 27.3. The zero-order chi connectivity index (χ0) is 20.2. The van der Waals surface area contributed by atoms with Gasteiger partial charge in [0.25, 0.3) is 0 Å². The molecule has 3 saturated heterocycles. The molecule has 10 nitrogen and oxygen atoms in total. The van der Waals surface area contributed by atoms with Gasteiger partial charge in [0.15, 0.2) is 41.5 Å². The number of esters is 2. The van der Waals surface area contributed by atoms with Gasteiger partial charge in [-0.2, -0.15) is 0 Å². The molecule has 0 spiro atoms. The summed E-state index contributed by atoms with van der Waals surface area (Å²) in [7, 11) is 0. The molecular weight excluding hydrogens is 376 g/mol. The van der Waals surface area contributed by atoms with Gasteiger partial charge in [-0.15, -0.1) is 0 Å². The van der Waals surface area contributed by atoms with E-state index in [0.29, 0.717) is 0 Å². The van der Waals surface area contributed by atoms with Crippen LogP contribution in [0.5, 0.6) is 17.2 Å². The number of phenols is 3. The van der Waals surface area contributed by atoms with Crippen LogP contribution in [-0.2, 0) is 33.3 Å². The molecule has 1 aromatic rings. The van der Waals surface area contributed by atoms with E-state index in [1.54, 1.807) is 13.8 Å². The molecule has 0 amide bonds. The van der Waals surface area contributed by atoms with Crippen molar-refractivity contribution in [3.05, 3.63) is 23.8 Å². The Hall–Kier alpha value is -2.82. The average Bonchev–Trinajstić information content (AvgIpc) is 3.18.